The van der Waals surface area contributed by atoms with Gasteiger partial charge in [-0.1, -0.05) is 27.2 Å². The molecule has 1 fully saturated rings. The largest absolute Gasteiger partial charge is 0.383 e. The van der Waals surface area contributed by atoms with E-state index in [1.807, 2.05) is 6.20 Å². The predicted octanol–water partition coefficient (Wildman–Crippen LogP) is 3.31. The number of unbranched alkanes of at least 4 members (excludes halogenated alkanes) is 1. The highest BCUT2D eigenvalue weighted by Gasteiger charge is 2.41. The molecule has 1 heterocycles. The van der Waals surface area contributed by atoms with Crippen molar-refractivity contribution in [2.24, 2.45) is 11.3 Å². The van der Waals surface area contributed by atoms with Gasteiger partial charge in [0.15, 0.2) is 0 Å². The molecule has 1 aliphatic rings. The van der Waals surface area contributed by atoms with Crippen molar-refractivity contribution in [3.63, 3.8) is 0 Å². The van der Waals surface area contributed by atoms with Gasteiger partial charge in [-0.25, -0.2) is 0 Å². The van der Waals surface area contributed by atoms with Gasteiger partial charge in [-0.05, 0) is 44.7 Å². The number of carbonyl (C=O) groups excluding carboxylic acids is 1. The van der Waals surface area contributed by atoms with E-state index >= 15 is 0 Å². The van der Waals surface area contributed by atoms with E-state index in [1.54, 1.807) is 7.11 Å². The van der Waals surface area contributed by atoms with Crippen molar-refractivity contribution in [3.05, 3.63) is 17.5 Å². The summed E-state index contributed by atoms with van der Waals surface area (Å²) >= 11 is 0. The fraction of sp³-hybridized carbons (Fsp3) is 0.810. The number of hydrogen-bond donors (Lipinski definition) is 2. The fourth-order valence-electron chi connectivity index (χ4n) is 4.16. The fourth-order valence-corrected chi connectivity index (χ4v) is 4.16. The maximum Gasteiger partial charge on any atom is 0.223 e. The molecule has 0 aliphatic heterocycles. The molecule has 1 saturated carbocycles. The van der Waals surface area contributed by atoms with E-state index in [0.29, 0.717) is 19.1 Å². The third kappa shape index (κ3) is 6.04. The van der Waals surface area contributed by atoms with E-state index in [9.17, 15) is 4.79 Å². The summed E-state index contributed by atoms with van der Waals surface area (Å²) in [4.78, 5) is 15.1. The quantitative estimate of drug-likeness (QED) is 0.613. The molecule has 6 nitrogen and oxygen atoms in total. The molecule has 1 aliphatic carbocycles. The van der Waals surface area contributed by atoms with Crippen LogP contribution in [0.4, 0.5) is 0 Å². The molecule has 1 amide bonds. The van der Waals surface area contributed by atoms with Crippen molar-refractivity contribution in [1.82, 2.24) is 20.4 Å². The topological polar surface area (TPSA) is 70.2 Å². The molecular weight excluding hydrogens is 340 g/mol. The Morgan fingerprint density at radius 3 is 2.96 bits per heavy atom. The van der Waals surface area contributed by atoms with Crippen LogP contribution in [0.2, 0.25) is 0 Å². The number of ether oxygens (including phenoxy) is 1. The van der Waals surface area contributed by atoms with Crippen LogP contribution >= 0.6 is 0 Å². The zero-order valence-electron chi connectivity index (χ0n) is 17.8. The molecule has 1 aromatic rings. The molecule has 0 saturated heterocycles. The Balaban J connectivity index is 2.05. The molecular formula is C21H38N4O2. The van der Waals surface area contributed by atoms with Gasteiger partial charge in [-0.3, -0.25) is 9.89 Å². The number of amides is 1. The van der Waals surface area contributed by atoms with Crippen molar-refractivity contribution in [1.29, 1.82) is 0 Å². The van der Waals surface area contributed by atoms with E-state index in [1.165, 1.54) is 24.1 Å². The van der Waals surface area contributed by atoms with Crippen molar-refractivity contribution in [3.8, 4) is 0 Å². The number of aromatic amines is 1. The summed E-state index contributed by atoms with van der Waals surface area (Å²) in [6.45, 7) is 9.80. The first-order valence-electron chi connectivity index (χ1n) is 10.4. The molecule has 2 N–H and O–H groups in total. The van der Waals surface area contributed by atoms with E-state index < -0.39 is 0 Å². The zero-order valence-corrected chi connectivity index (χ0v) is 17.8. The van der Waals surface area contributed by atoms with Crippen molar-refractivity contribution >= 4 is 5.91 Å². The van der Waals surface area contributed by atoms with Crippen molar-refractivity contribution in [2.75, 3.05) is 33.9 Å². The molecule has 0 unspecified atom stereocenters. The van der Waals surface area contributed by atoms with Crippen LogP contribution in [0.15, 0.2) is 6.20 Å². The SMILES string of the molecule is CCCCN(C)Cc1cn[nH]c1[C@H]1CCC(C)(C)[C@@H](C(=O)NCCOC)C1. The van der Waals surface area contributed by atoms with Crippen LogP contribution in [0.1, 0.15) is 70.1 Å². The summed E-state index contributed by atoms with van der Waals surface area (Å²) in [6, 6.07) is 0. The second-order valence-electron chi connectivity index (χ2n) is 8.70. The number of rotatable bonds is 10. The molecule has 154 valence electrons. The van der Waals surface area contributed by atoms with Crippen molar-refractivity contribution < 1.29 is 9.53 Å². The van der Waals surface area contributed by atoms with Gasteiger partial charge in [0.05, 0.1) is 12.8 Å². The van der Waals surface area contributed by atoms with Crippen LogP contribution in [0, 0.1) is 11.3 Å². The first kappa shape index (κ1) is 21.9. The lowest BCUT2D eigenvalue weighted by Crippen LogP contribution is -2.43. The summed E-state index contributed by atoms with van der Waals surface area (Å²) in [5.74, 6) is 0.540. The summed E-state index contributed by atoms with van der Waals surface area (Å²) in [5.41, 5.74) is 2.52. The van der Waals surface area contributed by atoms with E-state index in [0.717, 1.165) is 32.4 Å². The zero-order chi connectivity index (χ0) is 19.9. The minimum absolute atomic E-state index is 0.0158. The lowest BCUT2D eigenvalue weighted by atomic mass is 9.64. The van der Waals surface area contributed by atoms with Gasteiger partial charge in [0.25, 0.3) is 0 Å². The van der Waals surface area contributed by atoms with Crippen LogP contribution in [0.25, 0.3) is 0 Å². The Hall–Kier alpha value is -1.40. The molecule has 27 heavy (non-hydrogen) atoms. The van der Waals surface area contributed by atoms with Gasteiger partial charge in [-0.2, -0.15) is 5.10 Å². The van der Waals surface area contributed by atoms with Crippen LogP contribution in [0.3, 0.4) is 0 Å². The highest BCUT2D eigenvalue weighted by molar-refractivity contribution is 5.79. The van der Waals surface area contributed by atoms with Gasteiger partial charge in [-0.15, -0.1) is 0 Å². The second-order valence-corrected chi connectivity index (χ2v) is 8.70. The third-order valence-corrected chi connectivity index (χ3v) is 6.02. The molecule has 2 rings (SSSR count). The van der Waals surface area contributed by atoms with Crippen LogP contribution in [0.5, 0.6) is 0 Å². The minimum Gasteiger partial charge on any atom is -0.383 e. The Morgan fingerprint density at radius 1 is 1.48 bits per heavy atom. The van der Waals surface area contributed by atoms with Gasteiger partial charge >= 0.3 is 0 Å². The lowest BCUT2D eigenvalue weighted by molar-refractivity contribution is -0.130. The lowest BCUT2D eigenvalue weighted by Gasteiger charge is -2.41. The molecule has 2 atom stereocenters. The summed E-state index contributed by atoms with van der Waals surface area (Å²) < 4.78 is 5.06. The summed E-state index contributed by atoms with van der Waals surface area (Å²) in [7, 11) is 3.83. The Morgan fingerprint density at radius 2 is 2.26 bits per heavy atom. The number of methoxy groups -OCH3 is 1. The van der Waals surface area contributed by atoms with E-state index in [-0.39, 0.29) is 17.2 Å². The van der Waals surface area contributed by atoms with E-state index in [4.69, 9.17) is 4.74 Å². The number of hydrogen-bond acceptors (Lipinski definition) is 4. The normalized spacial score (nSPS) is 22.1. The highest BCUT2D eigenvalue weighted by atomic mass is 16.5. The van der Waals surface area contributed by atoms with Gasteiger partial charge in [0.1, 0.15) is 0 Å². The Kier molecular flexibility index (Phi) is 8.29. The third-order valence-electron chi connectivity index (χ3n) is 6.02. The Bertz CT molecular complexity index is 584. The average molecular weight is 379 g/mol. The van der Waals surface area contributed by atoms with Gasteiger partial charge in [0.2, 0.25) is 5.91 Å². The summed E-state index contributed by atoms with van der Waals surface area (Å²) in [5, 5.41) is 10.6. The maximum absolute atomic E-state index is 12.8. The van der Waals surface area contributed by atoms with Crippen LogP contribution < -0.4 is 5.32 Å². The molecule has 0 aromatic carbocycles. The number of H-pyrrole nitrogens is 1. The number of nitrogens with zero attached hydrogens (tertiary/aromatic N) is 2. The van der Waals surface area contributed by atoms with Crippen LogP contribution in [-0.2, 0) is 16.1 Å². The molecule has 0 bridgehead atoms. The maximum atomic E-state index is 12.8. The van der Waals surface area contributed by atoms with Gasteiger partial charge in [0, 0.05) is 43.3 Å². The molecule has 0 spiro atoms. The predicted molar refractivity (Wildman–Crippen MR) is 109 cm³/mol. The van der Waals surface area contributed by atoms with Crippen LogP contribution in [-0.4, -0.2) is 54.9 Å². The average Bonchev–Trinajstić information content (AvgIpc) is 3.07. The molecule has 0 radical (unpaired) electrons. The standard InChI is InChI=1S/C21H38N4O2/c1-6-7-11-25(4)15-17-14-23-24-19(17)16-8-9-21(2,3)18(13-16)20(26)22-10-12-27-5/h14,16,18H,6-13,15H2,1-5H3,(H,22,26)(H,23,24)/t16-,18+/m0/s1. The molecule has 1 aromatic heterocycles. The second kappa shape index (κ2) is 10.2. The first-order chi connectivity index (χ1) is 12.9. The smallest absolute Gasteiger partial charge is 0.223 e. The first-order valence-corrected chi connectivity index (χ1v) is 10.4. The number of aromatic nitrogens is 2. The summed E-state index contributed by atoms with van der Waals surface area (Å²) in [6.07, 6.45) is 7.41. The van der Waals surface area contributed by atoms with E-state index in [2.05, 4.69) is 48.2 Å². The Labute approximate surface area is 164 Å². The van der Waals surface area contributed by atoms with Crippen molar-refractivity contribution in [2.45, 2.75) is 65.3 Å². The molecule has 6 heteroatoms. The number of nitrogens with one attached hydrogen (secondary N) is 2. The monoisotopic (exact) mass is 378 g/mol. The highest BCUT2D eigenvalue weighted by Crippen LogP contribution is 2.47. The minimum atomic E-state index is 0.0158. The number of carbonyl (C=O) groups is 1. The van der Waals surface area contributed by atoms with Gasteiger partial charge < -0.3 is 15.0 Å².